The molecule has 5 heteroatoms. The Morgan fingerprint density at radius 3 is 2.29 bits per heavy atom. The van der Waals surface area contributed by atoms with Crippen LogP contribution in [0.5, 0.6) is 0 Å². The predicted octanol–water partition coefficient (Wildman–Crippen LogP) is 3.37. The molecule has 5 nitrogen and oxygen atoms in total. The Morgan fingerprint density at radius 1 is 1.17 bits per heavy atom. The van der Waals surface area contributed by atoms with Gasteiger partial charge in [0.15, 0.2) is 0 Å². The molecule has 2 saturated heterocycles. The molecule has 0 N–H and O–H groups in total. The van der Waals surface area contributed by atoms with E-state index in [4.69, 9.17) is 4.74 Å². The molecule has 0 spiro atoms. The van der Waals surface area contributed by atoms with Gasteiger partial charge in [-0.05, 0) is 64.2 Å². The molecule has 0 aromatic carbocycles. The van der Waals surface area contributed by atoms with E-state index in [9.17, 15) is 9.59 Å². The summed E-state index contributed by atoms with van der Waals surface area (Å²) in [5.41, 5.74) is 0.529. The van der Waals surface area contributed by atoms with Gasteiger partial charge >= 0.3 is 6.09 Å². The number of carbonyl (C=O) groups is 2. The van der Waals surface area contributed by atoms with Gasteiger partial charge in [0.1, 0.15) is 11.4 Å². The largest absolute Gasteiger partial charge is 0.444 e. The minimum absolute atomic E-state index is 0.0503. The van der Waals surface area contributed by atoms with E-state index in [0.29, 0.717) is 6.42 Å². The third-order valence-electron chi connectivity index (χ3n) is 4.92. The maximum absolute atomic E-state index is 12.6. The second-order valence-corrected chi connectivity index (χ2v) is 7.94. The molecule has 2 atom stereocenters. The van der Waals surface area contributed by atoms with Crippen LogP contribution in [0.3, 0.4) is 0 Å². The Kier molecular flexibility index (Phi) is 4.61. The van der Waals surface area contributed by atoms with Gasteiger partial charge < -0.3 is 9.64 Å². The molecule has 2 unspecified atom stereocenters. The maximum Gasteiger partial charge on any atom is 0.410 e. The summed E-state index contributed by atoms with van der Waals surface area (Å²) in [6.07, 6.45) is 7.15. The Morgan fingerprint density at radius 2 is 1.75 bits per heavy atom. The molecule has 130 valence electrons. The van der Waals surface area contributed by atoms with E-state index in [1.807, 2.05) is 37.8 Å². The van der Waals surface area contributed by atoms with E-state index in [1.54, 1.807) is 12.4 Å². The molecule has 2 fully saturated rings. The Balaban J connectivity index is 1.62. The van der Waals surface area contributed by atoms with Crippen molar-refractivity contribution in [3.8, 4) is 0 Å². The number of rotatable bonds is 3. The number of pyridine rings is 1. The summed E-state index contributed by atoms with van der Waals surface area (Å²) in [4.78, 5) is 31.0. The molecular weight excluding hydrogens is 304 g/mol. The fourth-order valence-corrected chi connectivity index (χ4v) is 3.90. The lowest BCUT2D eigenvalue weighted by molar-refractivity contribution is -0.124. The lowest BCUT2D eigenvalue weighted by atomic mass is 9.85. The maximum atomic E-state index is 12.6. The summed E-state index contributed by atoms with van der Waals surface area (Å²) in [5, 5.41) is 0. The first-order valence-electron chi connectivity index (χ1n) is 8.76. The molecule has 3 rings (SSSR count). The zero-order valence-corrected chi connectivity index (χ0v) is 14.7. The van der Waals surface area contributed by atoms with Crippen molar-refractivity contribution in [3.63, 3.8) is 0 Å². The van der Waals surface area contributed by atoms with Crippen molar-refractivity contribution in [2.45, 2.75) is 70.6 Å². The van der Waals surface area contributed by atoms with Crippen LogP contribution in [0.4, 0.5) is 4.79 Å². The van der Waals surface area contributed by atoms with Gasteiger partial charge in [-0.3, -0.25) is 9.78 Å². The van der Waals surface area contributed by atoms with Crippen molar-refractivity contribution in [2.75, 3.05) is 0 Å². The number of ketones is 1. The molecule has 2 aliphatic heterocycles. The zero-order valence-electron chi connectivity index (χ0n) is 14.7. The van der Waals surface area contributed by atoms with Crippen molar-refractivity contribution < 1.29 is 14.3 Å². The molecule has 2 aliphatic rings. The second-order valence-electron chi connectivity index (χ2n) is 7.94. The van der Waals surface area contributed by atoms with E-state index < -0.39 is 5.60 Å². The zero-order chi connectivity index (χ0) is 17.3. The number of piperidine rings is 1. The first-order valence-corrected chi connectivity index (χ1v) is 8.76. The fourth-order valence-electron chi connectivity index (χ4n) is 3.90. The van der Waals surface area contributed by atoms with E-state index in [0.717, 1.165) is 31.2 Å². The van der Waals surface area contributed by atoms with Crippen LogP contribution in [0.1, 0.15) is 52.0 Å². The Bertz CT molecular complexity index is 595. The van der Waals surface area contributed by atoms with Gasteiger partial charge in [-0.25, -0.2) is 4.79 Å². The molecule has 1 aromatic rings. The standard InChI is InChI=1S/C19H26N2O3/c1-19(2,3)24-18(23)21-15-4-5-16(21)12-14(11-15)17(22)10-13-6-8-20-9-7-13/h6-9,14-16H,4-5,10-12H2,1-3H3. The van der Waals surface area contributed by atoms with Crippen LogP contribution in [0.15, 0.2) is 24.5 Å². The number of carbonyl (C=O) groups excluding carboxylic acids is 2. The lowest BCUT2D eigenvalue weighted by Gasteiger charge is -2.39. The van der Waals surface area contributed by atoms with Crippen molar-refractivity contribution in [3.05, 3.63) is 30.1 Å². The van der Waals surface area contributed by atoms with Crippen molar-refractivity contribution in [1.29, 1.82) is 0 Å². The van der Waals surface area contributed by atoms with Crippen molar-refractivity contribution in [2.24, 2.45) is 5.92 Å². The Hall–Kier alpha value is -1.91. The fraction of sp³-hybridized carbons (Fsp3) is 0.632. The molecule has 0 saturated carbocycles. The summed E-state index contributed by atoms with van der Waals surface area (Å²) in [5.74, 6) is 0.330. The van der Waals surface area contributed by atoms with Crippen LogP contribution in [-0.2, 0) is 16.0 Å². The monoisotopic (exact) mass is 330 g/mol. The molecule has 2 bridgehead atoms. The highest BCUT2D eigenvalue weighted by atomic mass is 16.6. The number of ether oxygens (including phenoxy) is 1. The second kappa shape index (κ2) is 6.54. The van der Waals surface area contributed by atoms with Crippen LogP contribution in [0, 0.1) is 5.92 Å². The predicted molar refractivity (Wildman–Crippen MR) is 90.6 cm³/mol. The van der Waals surface area contributed by atoms with Crippen LogP contribution in [0.25, 0.3) is 0 Å². The number of amides is 1. The summed E-state index contributed by atoms with van der Waals surface area (Å²) in [7, 11) is 0. The normalized spacial score (nSPS) is 26.3. The molecule has 1 amide bonds. The first kappa shape index (κ1) is 16.9. The number of fused-ring (bicyclic) bond motifs is 2. The summed E-state index contributed by atoms with van der Waals surface area (Å²) >= 11 is 0. The molecule has 3 heterocycles. The minimum Gasteiger partial charge on any atom is -0.444 e. The molecule has 0 radical (unpaired) electrons. The molecule has 0 aliphatic carbocycles. The average molecular weight is 330 g/mol. The quantitative estimate of drug-likeness (QED) is 0.852. The smallest absolute Gasteiger partial charge is 0.410 e. The van der Waals surface area contributed by atoms with Crippen molar-refractivity contribution in [1.82, 2.24) is 9.88 Å². The average Bonchev–Trinajstić information content (AvgIpc) is 2.77. The first-order chi connectivity index (χ1) is 11.3. The number of hydrogen-bond acceptors (Lipinski definition) is 4. The van der Waals surface area contributed by atoms with Crippen molar-refractivity contribution >= 4 is 11.9 Å². The number of hydrogen-bond donors (Lipinski definition) is 0. The van der Waals surface area contributed by atoms with Crippen LogP contribution in [0.2, 0.25) is 0 Å². The number of nitrogens with zero attached hydrogens (tertiary/aromatic N) is 2. The van der Waals surface area contributed by atoms with E-state index in [2.05, 4.69) is 4.98 Å². The van der Waals surface area contributed by atoms with E-state index >= 15 is 0 Å². The SMILES string of the molecule is CC(C)(C)OC(=O)N1C2CCC1CC(C(=O)Cc1ccncc1)C2. The van der Waals surface area contributed by atoms with Gasteiger partial charge in [0.25, 0.3) is 0 Å². The van der Waals surface area contributed by atoms with Crippen LogP contribution < -0.4 is 0 Å². The minimum atomic E-state index is -0.482. The molecular formula is C19H26N2O3. The van der Waals surface area contributed by atoms with Gasteiger partial charge in [-0.1, -0.05) is 0 Å². The van der Waals surface area contributed by atoms with Crippen LogP contribution in [-0.4, -0.2) is 39.4 Å². The van der Waals surface area contributed by atoms with E-state index in [1.165, 1.54) is 0 Å². The number of aromatic nitrogens is 1. The Labute approximate surface area is 143 Å². The summed E-state index contributed by atoms with van der Waals surface area (Å²) in [6.45, 7) is 5.66. The van der Waals surface area contributed by atoms with Gasteiger partial charge in [0, 0.05) is 36.8 Å². The summed E-state index contributed by atoms with van der Waals surface area (Å²) < 4.78 is 5.54. The third-order valence-corrected chi connectivity index (χ3v) is 4.92. The lowest BCUT2D eigenvalue weighted by Crippen LogP contribution is -2.49. The van der Waals surface area contributed by atoms with E-state index in [-0.39, 0.29) is 29.9 Å². The van der Waals surface area contributed by atoms with Crippen LogP contribution >= 0.6 is 0 Å². The highest BCUT2D eigenvalue weighted by molar-refractivity contribution is 5.84. The van der Waals surface area contributed by atoms with Gasteiger partial charge in [-0.2, -0.15) is 0 Å². The third kappa shape index (κ3) is 3.77. The molecule has 1 aromatic heterocycles. The highest BCUT2D eigenvalue weighted by Crippen LogP contribution is 2.40. The topological polar surface area (TPSA) is 59.5 Å². The van der Waals surface area contributed by atoms with Gasteiger partial charge in [0.2, 0.25) is 0 Å². The summed E-state index contributed by atoms with van der Waals surface area (Å²) in [6, 6.07) is 4.07. The highest BCUT2D eigenvalue weighted by Gasteiger charge is 2.46. The molecule has 24 heavy (non-hydrogen) atoms. The van der Waals surface area contributed by atoms with Gasteiger partial charge in [0.05, 0.1) is 0 Å². The van der Waals surface area contributed by atoms with Gasteiger partial charge in [-0.15, -0.1) is 0 Å². The number of Topliss-reactive ketones (excluding diaryl/α,β-unsaturated/α-hetero) is 1.